The van der Waals surface area contributed by atoms with E-state index in [4.69, 9.17) is 5.11 Å². The van der Waals surface area contributed by atoms with Gasteiger partial charge in [0.15, 0.2) is 0 Å². The molecule has 0 spiro atoms. The van der Waals surface area contributed by atoms with E-state index in [-0.39, 0.29) is 36.2 Å². The van der Waals surface area contributed by atoms with Crippen LogP contribution in [0.15, 0.2) is 0 Å². The number of aliphatic hydroxyl groups excluding tert-OH is 1. The number of carboxylic acid groups (broad SMARTS) is 2. The summed E-state index contributed by atoms with van der Waals surface area (Å²) >= 11 is 3.85. The first kappa shape index (κ1) is 39.4. The zero-order valence-electron chi connectivity index (χ0n) is 25.6. The Labute approximate surface area is 253 Å². The Balaban J connectivity index is 3.76. The maximum atomic E-state index is 12.2. The van der Waals surface area contributed by atoms with E-state index in [1.165, 1.54) is 57.8 Å². The van der Waals surface area contributed by atoms with E-state index in [0.29, 0.717) is 12.8 Å². The molecule has 0 rings (SSSR count). The Morgan fingerprint density at radius 2 is 1.05 bits per heavy atom. The third-order valence-corrected chi connectivity index (χ3v) is 7.62. The molecule has 1 amide bonds. The fourth-order valence-corrected chi connectivity index (χ4v) is 5.09. The molecule has 0 aromatic carbocycles. The van der Waals surface area contributed by atoms with Crippen LogP contribution < -0.4 is 10.6 Å². The van der Waals surface area contributed by atoms with E-state index in [2.05, 4.69) is 23.3 Å². The predicted molar refractivity (Wildman–Crippen MR) is 166 cm³/mol. The van der Waals surface area contributed by atoms with Gasteiger partial charge in [-0.05, 0) is 38.0 Å². The predicted octanol–water partition coefficient (Wildman–Crippen LogP) is 6.22. The van der Waals surface area contributed by atoms with Crippen LogP contribution in [0.25, 0.3) is 0 Å². The molecular weight excluding hydrogens is 544 g/mol. The van der Waals surface area contributed by atoms with Crippen molar-refractivity contribution in [3.63, 3.8) is 0 Å². The van der Waals surface area contributed by atoms with Gasteiger partial charge >= 0.3 is 11.9 Å². The van der Waals surface area contributed by atoms with Crippen molar-refractivity contribution in [1.29, 1.82) is 0 Å². The van der Waals surface area contributed by atoms with Gasteiger partial charge in [0, 0.05) is 12.8 Å². The molecule has 240 valence electrons. The first-order valence-electron chi connectivity index (χ1n) is 15.9. The van der Waals surface area contributed by atoms with Crippen molar-refractivity contribution in [2.75, 3.05) is 0 Å². The van der Waals surface area contributed by atoms with Crippen molar-refractivity contribution in [1.82, 2.24) is 10.6 Å². The quantitative estimate of drug-likeness (QED) is 0.0335. The fourth-order valence-electron chi connectivity index (χ4n) is 4.91. The molecule has 0 aliphatic carbocycles. The number of aliphatic hydroxyl groups is 1. The number of carbonyl (C=O) groups excluding carboxylic acids is 2. The van der Waals surface area contributed by atoms with Crippen LogP contribution in [0.2, 0.25) is 0 Å². The van der Waals surface area contributed by atoms with Crippen molar-refractivity contribution in [3.8, 4) is 0 Å². The topological polar surface area (TPSA) is 153 Å². The fraction of sp³-hybridized carbons (Fsp3) is 0.871. The molecule has 0 bridgehead atoms. The van der Waals surface area contributed by atoms with Gasteiger partial charge in [-0.2, -0.15) is 0 Å². The molecule has 0 aromatic rings. The summed E-state index contributed by atoms with van der Waals surface area (Å²) in [5.74, 6) is -1.89. The van der Waals surface area contributed by atoms with Crippen LogP contribution in [0, 0.1) is 5.92 Å². The third-order valence-electron chi connectivity index (χ3n) is 7.31. The standard InChI is InChI=1S/C31H58N2O7S/c1-24(2)23-26(31(40)41)33-28(35)22-21-25(30(38)39)32-27(34)19-17-15-13-11-9-7-5-3-4-6-8-10-12-14-16-18-20-29(36)37/h24-26,28,33,35H,3-23H2,1-2H3,(H,32,34)(H,36,37)(H,38,39)(H,40,41)/t25-,26-,28-/m0/s1. The second kappa shape index (κ2) is 26.0. The highest BCUT2D eigenvalue weighted by Crippen LogP contribution is 2.15. The van der Waals surface area contributed by atoms with E-state index >= 15 is 0 Å². The minimum absolute atomic E-state index is 0.0561. The van der Waals surface area contributed by atoms with Gasteiger partial charge in [-0.25, -0.2) is 4.79 Å². The summed E-state index contributed by atoms with van der Waals surface area (Å²) in [5.41, 5.74) is 0. The van der Waals surface area contributed by atoms with Crippen LogP contribution in [0.3, 0.4) is 0 Å². The number of hydrogen-bond donors (Lipinski definition) is 6. The zero-order chi connectivity index (χ0) is 30.9. The molecule has 0 aliphatic rings. The maximum absolute atomic E-state index is 12.2. The van der Waals surface area contributed by atoms with Crippen molar-refractivity contribution in [2.24, 2.45) is 5.92 Å². The summed E-state index contributed by atoms with van der Waals surface area (Å²) in [7, 11) is 0. The molecule has 0 heterocycles. The molecule has 0 unspecified atom stereocenters. The Bertz CT molecular complexity index is 721. The summed E-state index contributed by atoms with van der Waals surface area (Å²) in [4.78, 5) is 45.9. The van der Waals surface area contributed by atoms with Gasteiger partial charge < -0.3 is 20.6 Å². The van der Waals surface area contributed by atoms with Crippen LogP contribution in [0.1, 0.15) is 149 Å². The first-order chi connectivity index (χ1) is 19.5. The van der Waals surface area contributed by atoms with E-state index in [1.54, 1.807) is 0 Å². The Hall–Kier alpha value is -1.65. The smallest absolute Gasteiger partial charge is 0.326 e. The largest absolute Gasteiger partial charge is 0.481 e. The van der Waals surface area contributed by atoms with Crippen molar-refractivity contribution < 1.29 is 34.5 Å². The van der Waals surface area contributed by atoms with E-state index in [1.807, 2.05) is 13.8 Å². The average Bonchev–Trinajstić information content (AvgIpc) is 2.89. The highest BCUT2D eigenvalue weighted by molar-refractivity contribution is 7.96. The van der Waals surface area contributed by atoms with Gasteiger partial charge in [0.05, 0.1) is 6.04 Å². The van der Waals surface area contributed by atoms with E-state index < -0.39 is 30.3 Å². The number of nitrogens with one attached hydrogen (secondary N) is 2. The number of unbranched alkanes of at least 4 members (excludes halogenated alkanes) is 15. The molecule has 0 radical (unpaired) electrons. The van der Waals surface area contributed by atoms with Crippen LogP contribution in [-0.4, -0.2) is 56.6 Å². The van der Waals surface area contributed by atoms with Gasteiger partial charge in [-0.3, -0.25) is 19.7 Å². The number of hydrogen-bond acceptors (Lipinski definition) is 6. The van der Waals surface area contributed by atoms with Crippen molar-refractivity contribution in [2.45, 2.75) is 167 Å². The lowest BCUT2D eigenvalue weighted by Crippen LogP contribution is -2.45. The van der Waals surface area contributed by atoms with Crippen molar-refractivity contribution in [3.05, 3.63) is 0 Å². The lowest BCUT2D eigenvalue weighted by molar-refractivity contribution is -0.142. The van der Waals surface area contributed by atoms with Gasteiger partial charge in [0.1, 0.15) is 12.3 Å². The number of carbonyl (C=O) groups is 4. The SMILES string of the molecule is CC(C)C[C@H](N[C@@H](O)CC[C@H](NC(=O)CCCCCCCCCCCCCCCCCCC(=O)O)C(=O)O)C(=O)S. The molecule has 0 fully saturated rings. The maximum Gasteiger partial charge on any atom is 0.326 e. The second-order valence-corrected chi connectivity index (χ2v) is 12.2. The molecule has 0 aromatic heterocycles. The summed E-state index contributed by atoms with van der Waals surface area (Å²) in [6, 6.07) is -1.69. The monoisotopic (exact) mass is 602 g/mol. The highest BCUT2D eigenvalue weighted by Gasteiger charge is 2.24. The summed E-state index contributed by atoms with van der Waals surface area (Å²) in [6.45, 7) is 3.91. The lowest BCUT2D eigenvalue weighted by Gasteiger charge is -2.22. The molecule has 0 aliphatic heterocycles. The molecular formula is C31H58N2O7S. The van der Waals surface area contributed by atoms with Crippen LogP contribution in [0.4, 0.5) is 0 Å². The number of rotatable bonds is 29. The summed E-state index contributed by atoms with van der Waals surface area (Å²) in [5, 5.41) is 33.3. The first-order valence-corrected chi connectivity index (χ1v) is 16.4. The van der Waals surface area contributed by atoms with Crippen LogP contribution >= 0.6 is 12.6 Å². The van der Waals surface area contributed by atoms with Gasteiger partial charge in [-0.1, -0.05) is 104 Å². The number of aliphatic carboxylic acids is 2. The van der Waals surface area contributed by atoms with Crippen LogP contribution in [0.5, 0.6) is 0 Å². The highest BCUT2D eigenvalue weighted by atomic mass is 32.1. The molecule has 5 N–H and O–H groups in total. The number of carboxylic acids is 2. The Kier molecular flexibility index (Phi) is 25.0. The second-order valence-electron chi connectivity index (χ2n) is 11.8. The third kappa shape index (κ3) is 25.8. The molecule has 3 atom stereocenters. The molecule has 9 nitrogen and oxygen atoms in total. The number of amides is 1. The van der Waals surface area contributed by atoms with Crippen molar-refractivity contribution >= 4 is 35.6 Å². The lowest BCUT2D eigenvalue weighted by atomic mass is 10.0. The molecule has 0 saturated heterocycles. The Morgan fingerprint density at radius 1 is 0.634 bits per heavy atom. The van der Waals surface area contributed by atoms with E-state index in [0.717, 1.165) is 44.9 Å². The normalized spacial score (nSPS) is 13.6. The summed E-state index contributed by atoms with van der Waals surface area (Å²) < 4.78 is 0. The summed E-state index contributed by atoms with van der Waals surface area (Å²) in [6.07, 6.45) is 18.3. The minimum Gasteiger partial charge on any atom is -0.481 e. The minimum atomic E-state index is -1.14. The molecule has 0 saturated carbocycles. The van der Waals surface area contributed by atoms with Gasteiger partial charge in [0.2, 0.25) is 11.0 Å². The van der Waals surface area contributed by atoms with Gasteiger partial charge in [-0.15, -0.1) is 12.6 Å². The molecule has 41 heavy (non-hydrogen) atoms. The zero-order valence-corrected chi connectivity index (χ0v) is 26.5. The van der Waals surface area contributed by atoms with Gasteiger partial charge in [0.25, 0.3) is 0 Å². The van der Waals surface area contributed by atoms with E-state index in [9.17, 15) is 29.4 Å². The molecule has 10 heteroatoms. The Morgan fingerprint density at radius 3 is 1.41 bits per heavy atom. The van der Waals surface area contributed by atoms with Crippen LogP contribution in [-0.2, 0) is 19.2 Å². The average molecular weight is 603 g/mol. The number of thiol groups is 1.